The predicted molar refractivity (Wildman–Crippen MR) is 66.9 cm³/mol. The number of hydrogen-bond acceptors (Lipinski definition) is 3. The van der Waals surface area contributed by atoms with E-state index < -0.39 is 0 Å². The van der Waals surface area contributed by atoms with E-state index in [1.807, 2.05) is 19.1 Å². The number of amides is 1. The summed E-state index contributed by atoms with van der Waals surface area (Å²) in [5.74, 6) is 0.00166. The van der Waals surface area contributed by atoms with Gasteiger partial charge < -0.3 is 15.5 Å². The van der Waals surface area contributed by atoms with E-state index in [0.717, 1.165) is 12.0 Å². The first-order valence-corrected chi connectivity index (χ1v) is 5.44. The van der Waals surface area contributed by atoms with Crippen molar-refractivity contribution in [2.45, 2.75) is 13.3 Å². The minimum Gasteiger partial charge on any atom is -0.459 e. The molecule has 4 heteroatoms. The van der Waals surface area contributed by atoms with Crippen molar-refractivity contribution < 1.29 is 9.21 Å². The molecule has 0 atom stereocenters. The number of benzene rings is 1. The van der Waals surface area contributed by atoms with E-state index in [-0.39, 0.29) is 11.7 Å². The summed E-state index contributed by atoms with van der Waals surface area (Å²) >= 11 is 0. The highest BCUT2D eigenvalue weighted by Gasteiger charge is 2.09. The molecule has 88 valence electrons. The third-order valence-corrected chi connectivity index (χ3v) is 2.53. The van der Waals surface area contributed by atoms with Crippen LogP contribution in [0.15, 0.2) is 41.0 Å². The van der Waals surface area contributed by atoms with Gasteiger partial charge in [-0.2, -0.15) is 0 Å². The summed E-state index contributed by atoms with van der Waals surface area (Å²) in [7, 11) is 0. The Balaban J connectivity index is 2.14. The molecule has 0 radical (unpaired) electrons. The van der Waals surface area contributed by atoms with Crippen LogP contribution in [-0.4, -0.2) is 5.91 Å². The van der Waals surface area contributed by atoms with Gasteiger partial charge >= 0.3 is 0 Å². The van der Waals surface area contributed by atoms with Crippen molar-refractivity contribution in [1.29, 1.82) is 0 Å². The summed E-state index contributed by atoms with van der Waals surface area (Å²) in [6.45, 7) is 2.03. The van der Waals surface area contributed by atoms with Crippen molar-refractivity contribution in [1.82, 2.24) is 0 Å². The first-order chi connectivity index (χ1) is 8.20. The lowest BCUT2D eigenvalue weighted by Gasteiger charge is -2.07. The average Bonchev–Trinajstić information content (AvgIpc) is 2.82. The van der Waals surface area contributed by atoms with Gasteiger partial charge in [-0.3, -0.25) is 4.79 Å². The van der Waals surface area contributed by atoms with Gasteiger partial charge in [0.25, 0.3) is 5.91 Å². The molecule has 4 nitrogen and oxygen atoms in total. The van der Waals surface area contributed by atoms with Gasteiger partial charge in [-0.05, 0) is 36.2 Å². The second-order valence-corrected chi connectivity index (χ2v) is 3.70. The summed E-state index contributed by atoms with van der Waals surface area (Å²) in [6.07, 6.45) is 2.34. The van der Waals surface area contributed by atoms with Crippen LogP contribution in [0.3, 0.4) is 0 Å². The fraction of sp³-hybridized carbons (Fsp3) is 0.154. The number of nitrogens with two attached hydrogens (primary N) is 1. The Kier molecular flexibility index (Phi) is 3.14. The highest BCUT2D eigenvalue weighted by Crippen LogP contribution is 2.19. The molecule has 3 N–H and O–H groups in total. The number of carbonyl (C=O) groups excluding carboxylic acids is 1. The Labute approximate surface area is 99.4 Å². The number of nitrogens with one attached hydrogen (secondary N) is 1. The van der Waals surface area contributed by atoms with Gasteiger partial charge in [-0.1, -0.05) is 13.0 Å². The van der Waals surface area contributed by atoms with Crippen LogP contribution in [0.25, 0.3) is 0 Å². The van der Waals surface area contributed by atoms with Crippen LogP contribution in [0.5, 0.6) is 0 Å². The molecule has 0 saturated carbocycles. The van der Waals surface area contributed by atoms with Gasteiger partial charge in [0.15, 0.2) is 5.76 Å². The number of aryl methyl sites for hydroxylation is 1. The molecule has 0 aliphatic carbocycles. The first-order valence-electron chi connectivity index (χ1n) is 5.44. The lowest BCUT2D eigenvalue weighted by atomic mass is 10.1. The minimum atomic E-state index is -0.279. The SMILES string of the molecule is CCc1ccc(NC(=O)c2ccco2)cc1N. The maximum Gasteiger partial charge on any atom is 0.291 e. The van der Waals surface area contributed by atoms with Gasteiger partial charge in [0.05, 0.1) is 6.26 Å². The predicted octanol–water partition coefficient (Wildman–Crippen LogP) is 2.68. The van der Waals surface area contributed by atoms with Crippen LogP contribution in [-0.2, 0) is 6.42 Å². The van der Waals surface area contributed by atoms with Crippen molar-refractivity contribution in [2.24, 2.45) is 0 Å². The van der Waals surface area contributed by atoms with Crippen LogP contribution in [0.2, 0.25) is 0 Å². The molecule has 0 aliphatic rings. The van der Waals surface area contributed by atoms with Crippen LogP contribution in [0, 0.1) is 0 Å². The molecular weight excluding hydrogens is 216 g/mol. The molecule has 2 rings (SSSR count). The molecular formula is C13H14N2O2. The maximum atomic E-state index is 11.7. The lowest BCUT2D eigenvalue weighted by Crippen LogP contribution is -2.11. The number of anilines is 2. The van der Waals surface area contributed by atoms with Crippen LogP contribution >= 0.6 is 0 Å². The normalized spacial score (nSPS) is 10.2. The monoisotopic (exact) mass is 230 g/mol. The Morgan fingerprint density at radius 2 is 2.24 bits per heavy atom. The third-order valence-electron chi connectivity index (χ3n) is 2.53. The molecule has 1 heterocycles. The largest absolute Gasteiger partial charge is 0.459 e. The molecule has 0 fully saturated rings. The van der Waals surface area contributed by atoms with Gasteiger partial charge in [-0.25, -0.2) is 0 Å². The summed E-state index contributed by atoms with van der Waals surface area (Å²) in [6, 6.07) is 8.77. The zero-order valence-corrected chi connectivity index (χ0v) is 9.57. The highest BCUT2D eigenvalue weighted by molar-refractivity contribution is 6.02. The van der Waals surface area contributed by atoms with E-state index in [0.29, 0.717) is 11.4 Å². The Morgan fingerprint density at radius 3 is 2.82 bits per heavy atom. The average molecular weight is 230 g/mol. The standard InChI is InChI=1S/C13H14N2O2/c1-2-9-5-6-10(8-11(9)14)15-13(16)12-4-3-7-17-12/h3-8H,2,14H2,1H3,(H,15,16). The fourth-order valence-corrected chi connectivity index (χ4v) is 1.60. The van der Waals surface area contributed by atoms with Crippen molar-refractivity contribution in [3.8, 4) is 0 Å². The third kappa shape index (κ3) is 2.47. The molecule has 0 bridgehead atoms. The summed E-state index contributed by atoms with van der Waals surface area (Å²) < 4.78 is 5.00. The fourth-order valence-electron chi connectivity index (χ4n) is 1.60. The minimum absolute atomic E-state index is 0.279. The quantitative estimate of drug-likeness (QED) is 0.796. The van der Waals surface area contributed by atoms with Crippen LogP contribution < -0.4 is 11.1 Å². The summed E-state index contributed by atoms with van der Waals surface area (Å²) in [4.78, 5) is 11.7. The summed E-state index contributed by atoms with van der Waals surface area (Å²) in [5, 5.41) is 2.72. The van der Waals surface area contributed by atoms with E-state index in [4.69, 9.17) is 10.2 Å². The van der Waals surface area contributed by atoms with Gasteiger partial charge in [-0.15, -0.1) is 0 Å². The highest BCUT2D eigenvalue weighted by atomic mass is 16.3. The topological polar surface area (TPSA) is 68.3 Å². The van der Waals surface area contributed by atoms with Gasteiger partial charge in [0, 0.05) is 11.4 Å². The first kappa shape index (κ1) is 11.3. The molecule has 0 unspecified atom stereocenters. The van der Waals surface area contributed by atoms with E-state index in [1.165, 1.54) is 6.26 Å². The number of carbonyl (C=O) groups is 1. The number of furan rings is 1. The van der Waals surface area contributed by atoms with Crippen LogP contribution in [0.4, 0.5) is 11.4 Å². The van der Waals surface area contributed by atoms with E-state index in [2.05, 4.69) is 5.32 Å². The molecule has 17 heavy (non-hydrogen) atoms. The number of nitrogen functional groups attached to an aromatic ring is 1. The smallest absolute Gasteiger partial charge is 0.291 e. The van der Waals surface area contributed by atoms with Crippen molar-refractivity contribution in [3.63, 3.8) is 0 Å². The molecule has 2 aromatic rings. The molecule has 1 aromatic carbocycles. The second kappa shape index (κ2) is 4.74. The maximum absolute atomic E-state index is 11.7. The molecule has 1 amide bonds. The van der Waals surface area contributed by atoms with Crippen LogP contribution in [0.1, 0.15) is 23.0 Å². The Hall–Kier alpha value is -2.23. The molecule has 0 spiro atoms. The number of rotatable bonds is 3. The van der Waals surface area contributed by atoms with Crippen molar-refractivity contribution >= 4 is 17.3 Å². The van der Waals surface area contributed by atoms with E-state index in [1.54, 1.807) is 18.2 Å². The van der Waals surface area contributed by atoms with Gasteiger partial charge in [0.1, 0.15) is 0 Å². The molecule has 0 aliphatic heterocycles. The Morgan fingerprint density at radius 1 is 1.41 bits per heavy atom. The Bertz CT molecular complexity index is 518. The lowest BCUT2D eigenvalue weighted by molar-refractivity contribution is 0.0996. The zero-order valence-electron chi connectivity index (χ0n) is 9.57. The second-order valence-electron chi connectivity index (χ2n) is 3.70. The molecule has 1 aromatic heterocycles. The van der Waals surface area contributed by atoms with Gasteiger partial charge in [0.2, 0.25) is 0 Å². The van der Waals surface area contributed by atoms with E-state index in [9.17, 15) is 4.79 Å². The van der Waals surface area contributed by atoms with Crippen molar-refractivity contribution in [2.75, 3.05) is 11.1 Å². The molecule has 0 saturated heterocycles. The number of hydrogen-bond donors (Lipinski definition) is 2. The summed E-state index contributed by atoms with van der Waals surface area (Å²) in [5.41, 5.74) is 8.27. The zero-order chi connectivity index (χ0) is 12.3. The van der Waals surface area contributed by atoms with E-state index >= 15 is 0 Å². The van der Waals surface area contributed by atoms with Crippen molar-refractivity contribution in [3.05, 3.63) is 47.9 Å².